The van der Waals surface area contributed by atoms with Crippen LogP contribution in [0, 0.1) is 11.6 Å². The van der Waals surface area contributed by atoms with E-state index < -0.39 is 11.6 Å². The molecule has 1 aliphatic heterocycles. The zero-order chi connectivity index (χ0) is 17.6. The van der Waals surface area contributed by atoms with E-state index in [0.29, 0.717) is 11.0 Å². The minimum Gasteiger partial charge on any atom is -0.355 e. The summed E-state index contributed by atoms with van der Waals surface area (Å²) in [4.78, 5) is 10.4. The summed E-state index contributed by atoms with van der Waals surface area (Å²) in [5.74, 6) is -1.06. The lowest BCUT2D eigenvalue weighted by Gasteiger charge is -2.39. The van der Waals surface area contributed by atoms with Crippen LogP contribution in [-0.2, 0) is 0 Å². The third-order valence-corrected chi connectivity index (χ3v) is 6.32. The average molecular weight is 438 g/mol. The van der Waals surface area contributed by atoms with Crippen LogP contribution in [0.3, 0.4) is 0 Å². The number of nitrogens with zero attached hydrogens (tertiary/aromatic N) is 3. The molecule has 1 aliphatic rings. The van der Waals surface area contributed by atoms with E-state index in [1.165, 1.54) is 11.8 Å². The van der Waals surface area contributed by atoms with E-state index in [1.54, 1.807) is 6.26 Å². The summed E-state index contributed by atoms with van der Waals surface area (Å²) in [7, 11) is 1.82. The fourth-order valence-corrected chi connectivity index (χ4v) is 3.63. The molecule has 1 fully saturated rings. The summed E-state index contributed by atoms with van der Waals surface area (Å²) in [5.41, 5.74) is -0.0706. The summed E-state index contributed by atoms with van der Waals surface area (Å²) in [6.45, 7) is 2.99. The van der Waals surface area contributed by atoms with Gasteiger partial charge in [0.15, 0.2) is 16.8 Å². The Labute approximate surface area is 156 Å². The number of rotatable bonds is 4. The normalized spacial score (nSPS) is 18.5. The molecule has 0 radical (unpaired) electrons. The predicted octanol–water partition coefficient (Wildman–Crippen LogP) is 4.23. The molecule has 1 saturated heterocycles. The lowest BCUT2D eigenvalue weighted by molar-refractivity contribution is 0.321. The van der Waals surface area contributed by atoms with Crippen molar-refractivity contribution < 1.29 is 8.78 Å². The molecule has 130 valence electrons. The lowest BCUT2D eigenvalue weighted by Crippen LogP contribution is -2.55. The van der Waals surface area contributed by atoms with Gasteiger partial charge in [0.25, 0.3) is 0 Å². The van der Waals surface area contributed by atoms with Crippen LogP contribution in [0.15, 0.2) is 9.63 Å². The van der Waals surface area contributed by atoms with Crippen molar-refractivity contribution in [1.82, 2.24) is 15.3 Å². The van der Waals surface area contributed by atoms with E-state index in [1.807, 2.05) is 18.9 Å². The summed E-state index contributed by atoms with van der Waals surface area (Å²) >= 11 is 10.2. The van der Waals surface area contributed by atoms with Gasteiger partial charge in [-0.2, -0.15) is 0 Å². The van der Waals surface area contributed by atoms with Gasteiger partial charge < -0.3 is 10.2 Å². The van der Waals surface area contributed by atoms with Crippen LogP contribution in [0.25, 0.3) is 10.9 Å². The number of anilines is 1. The molecule has 4 nitrogen and oxygen atoms in total. The molecule has 3 rings (SSSR count). The van der Waals surface area contributed by atoms with Gasteiger partial charge in [0, 0.05) is 19.1 Å². The van der Waals surface area contributed by atoms with Crippen molar-refractivity contribution >= 4 is 56.0 Å². The minimum absolute atomic E-state index is 0.00664. The number of likely N-dealkylation sites (N-methyl/N-ethyl adjacent to an activating group) is 1. The van der Waals surface area contributed by atoms with E-state index >= 15 is 0 Å². The molecule has 1 unspecified atom stereocenters. The van der Waals surface area contributed by atoms with Crippen molar-refractivity contribution in [2.45, 2.75) is 30.6 Å². The van der Waals surface area contributed by atoms with Gasteiger partial charge in [-0.15, -0.1) is 0 Å². The molecule has 24 heavy (non-hydrogen) atoms. The Bertz CT molecular complexity index is 803. The average Bonchev–Trinajstić information content (AvgIpc) is 2.54. The van der Waals surface area contributed by atoms with Gasteiger partial charge >= 0.3 is 0 Å². The lowest BCUT2D eigenvalue weighted by atomic mass is 9.98. The van der Waals surface area contributed by atoms with Crippen molar-refractivity contribution in [1.29, 1.82) is 0 Å². The van der Waals surface area contributed by atoms with Crippen molar-refractivity contribution in [3.05, 3.63) is 21.1 Å². The van der Waals surface area contributed by atoms with Gasteiger partial charge in [-0.3, -0.25) is 0 Å². The monoisotopic (exact) mass is 436 g/mol. The minimum atomic E-state index is -0.719. The van der Waals surface area contributed by atoms with E-state index in [0.717, 1.165) is 13.0 Å². The Balaban J connectivity index is 2.25. The van der Waals surface area contributed by atoms with E-state index in [9.17, 15) is 8.78 Å². The van der Waals surface area contributed by atoms with Gasteiger partial charge in [-0.1, -0.05) is 23.4 Å². The van der Waals surface area contributed by atoms with Crippen molar-refractivity contribution in [2.24, 2.45) is 0 Å². The zero-order valence-corrected chi connectivity index (χ0v) is 16.5. The molecular weight excluding hydrogens is 422 g/mol. The van der Waals surface area contributed by atoms with Gasteiger partial charge in [0.2, 0.25) is 0 Å². The van der Waals surface area contributed by atoms with E-state index in [4.69, 9.17) is 11.6 Å². The number of aromatic nitrogens is 2. The smallest absolute Gasteiger partial charge is 0.189 e. The van der Waals surface area contributed by atoms with Gasteiger partial charge in [0.1, 0.15) is 11.3 Å². The quantitative estimate of drug-likeness (QED) is 0.335. The van der Waals surface area contributed by atoms with E-state index in [2.05, 4.69) is 31.2 Å². The molecule has 0 amide bonds. The molecule has 1 aromatic heterocycles. The molecule has 0 aliphatic carbocycles. The highest BCUT2D eigenvalue weighted by molar-refractivity contribution is 9.10. The number of fused-ring (bicyclic) bond motifs is 1. The maximum absolute atomic E-state index is 14.8. The second-order valence-electron chi connectivity index (χ2n) is 5.71. The number of halogens is 4. The Morgan fingerprint density at radius 2 is 2.04 bits per heavy atom. The summed E-state index contributed by atoms with van der Waals surface area (Å²) < 4.78 is 29.3. The first-order valence-corrected chi connectivity index (χ1v) is 9.80. The molecular formula is C15H16BrClF2N4S. The Morgan fingerprint density at radius 3 is 2.58 bits per heavy atom. The second-order valence-corrected chi connectivity index (χ2v) is 7.66. The fourth-order valence-electron chi connectivity index (χ4n) is 2.73. The molecule has 2 aromatic rings. The first-order valence-electron chi connectivity index (χ1n) is 7.40. The van der Waals surface area contributed by atoms with Crippen LogP contribution in [-0.4, -0.2) is 41.9 Å². The molecule has 0 bridgehead atoms. The highest BCUT2D eigenvalue weighted by atomic mass is 79.9. The molecule has 1 N–H and O–H groups in total. The number of hydrogen-bond donors (Lipinski definition) is 1. The third kappa shape index (κ3) is 2.87. The molecule has 2 atom stereocenters. The second kappa shape index (κ2) is 6.90. The Kier molecular flexibility index (Phi) is 5.20. The summed E-state index contributed by atoms with van der Waals surface area (Å²) in [6.07, 6.45) is 2.83. The summed E-state index contributed by atoms with van der Waals surface area (Å²) in [6, 6.07) is 0.355. The predicted molar refractivity (Wildman–Crippen MR) is 98.2 cm³/mol. The molecule has 0 saturated carbocycles. The molecule has 9 heteroatoms. The van der Waals surface area contributed by atoms with Crippen LogP contribution < -0.4 is 10.2 Å². The number of thioether (sulfide) groups is 1. The van der Waals surface area contributed by atoms with Gasteiger partial charge in [-0.25, -0.2) is 18.7 Å². The van der Waals surface area contributed by atoms with Crippen LogP contribution in [0.4, 0.5) is 14.6 Å². The SMILES string of the molecule is CSc1nc(N(C)C(C)[C@@H]2CCN2)c2c(F)c(Cl)c(Br)c(F)c2n1. The standard InChI is InChI=1S/C15H16BrClF2N4S/c1-6(7-4-5-20-7)23(2)14-8-11(18)10(17)9(16)12(19)13(8)21-15(22-14)24-3/h6-7,20H,4-5H2,1-3H3/t6?,7-/m0/s1. The van der Waals surface area contributed by atoms with Crippen molar-refractivity contribution in [2.75, 3.05) is 24.7 Å². The molecule has 0 spiro atoms. The van der Waals surface area contributed by atoms with Gasteiger partial charge in [0.05, 0.1) is 14.9 Å². The Morgan fingerprint density at radius 1 is 1.38 bits per heavy atom. The van der Waals surface area contributed by atoms with Crippen molar-refractivity contribution in [3.63, 3.8) is 0 Å². The number of nitrogens with one attached hydrogen (secondary N) is 1. The topological polar surface area (TPSA) is 41.1 Å². The first kappa shape index (κ1) is 18.1. The maximum Gasteiger partial charge on any atom is 0.189 e. The highest BCUT2D eigenvalue weighted by Crippen LogP contribution is 2.39. The molecule has 2 heterocycles. The maximum atomic E-state index is 14.8. The van der Waals surface area contributed by atoms with Crippen LogP contribution in [0.1, 0.15) is 13.3 Å². The Hall–Kier alpha value is -0.700. The van der Waals surface area contributed by atoms with Crippen LogP contribution >= 0.6 is 39.3 Å². The first-order chi connectivity index (χ1) is 11.4. The van der Waals surface area contributed by atoms with Crippen molar-refractivity contribution in [3.8, 4) is 0 Å². The van der Waals surface area contributed by atoms with Crippen LogP contribution in [0.2, 0.25) is 5.02 Å². The summed E-state index contributed by atoms with van der Waals surface area (Å²) in [5, 5.41) is 3.41. The third-order valence-electron chi connectivity index (χ3n) is 4.45. The molecule has 1 aromatic carbocycles. The largest absolute Gasteiger partial charge is 0.355 e. The fraction of sp³-hybridized carbons (Fsp3) is 0.467. The number of benzene rings is 1. The number of hydrogen-bond acceptors (Lipinski definition) is 5. The van der Waals surface area contributed by atoms with Gasteiger partial charge in [-0.05, 0) is 42.1 Å². The zero-order valence-electron chi connectivity index (χ0n) is 13.3. The van der Waals surface area contributed by atoms with Crippen LogP contribution in [0.5, 0.6) is 0 Å². The highest BCUT2D eigenvalue weighted by Gasteiger charge is 2.30. The van der Waals surface area contributed by atoms with E-state index in [-0.39, 0.29) is 32.5 Å².